The third-order valence-corrected chi connectivity index (χ3v) is 5.44. The minimum Gasteiger partial charge on any atom is -0.353 e. The molecule has 6 nitrogen and oxygen atoms in total. The second-order valence-electron chi connectivity index (χ2n) is 8.02. The van der Waals surface area contributed by atoms with Crippen LogP contribution in [0, 0.1) is 12.7 Å². The highest BCUT2D eigenvalue weighted by atomic mass is 19.1. The molecule has 2 aromatic rings. The molecule has 0 N–H and O–H groups in total. The van der Waals surface area contributed by atoms with Gasteiger partial charge in [-0.3, -0.25) is 9.79 Å². The summed E-state index contributed by atoms with van der Waals surface area (Å²) in [6.07, 6.45) is 4.43. The summed E-state index contributed by atoms with van der Waals surface area (Å²) in [6.45, 7) is 11.1. The third kappa shape index (κ3) is 8.08. The second-order valence-corrected chi connectivity index (χ2v) is 8.02. The van der Waals surface area contributed by atoms with Gasteiger partial charge in [0.25, 0.3) is 0 Å². The Morgan fingerprint density at radius 1 is 1.12 bits per heavy atom. The lowest BCUT2D eigenvalue weighted by Crippen LogP contribution is -2.48. The van der Waals surface area contributed by atoms with E-state index in [2.05, 4.69) is 26.8 Å². The number of aliphatic imine (C=N–C) groups is 2. The van der Waals surface area contributed by atoms with Gasteiger partial charge in [-0.25, -0.2) is 14.4 Å². The zero-order valence-electron chi connectivity index (χ0n) is 20.5. The number of aryl methyl sites for hydroxylation is 1. The summed E-state index contributed by atoms with van der Waals surface area (Å²) < 4.78 is 13.2. The molecule has 1 aromatic carbocycles. The number of benzene rings is 1. The molecule has 1 fully saturated rings. The van der Waals surface area contributed by atoms with Crippen molar-refractivity contribution >= 4 is 23.3 Å². The summed E-state index contributed by atoms with van der Waals surface area (Å²) in [4.78, 5) is 28.6. The molecule has 1 aliphatic rings. The Bertz CT molecular complexity index is 950. The first-order valence-electron chi connectivity index (χ1n) is 11.6. The molecule has 0 bridgehead atoms. The van der Waals surface area contributed by atoms with E-state index in [9.17, 15) is 9.18 Å². The Balaban J connectivity index is 0.000000234. The van der Waals surface area contributed by atoms with E-state index in [1.54, 1.807) is 32.3 Å². The van der Waals surface area contributed by atoms with Crippen LogP contribution in [0.4, 0.5) is 10.2 Å². The number of amidine groups is 1. The summed E-state index contributed by atoms with van der Waals surface area (Å²) in [5.41, 5.74) is 2.53. The van der Waals surface area contributed by atoms with E-state index in [0.717, 1.165) is 56.1 Å². The van der Waals surface area contributed by atoms with Gasteiger partial charge < -0.3 is 9.80 Å². The van der Waals surface area contributed by atoms with E-state index in [1.807, 2.05) is 36.9 Å². The van der Waals surface area contributed by atoms with Crippen LogP contribution in [-0.4, -0.2) is 60.6 Å². The lowest BCUT2D eigenvalue weighted by molar-refractivity contribution is -0.131. The molecule has 0 radical (unpaired) electrons. The topological polar surface area (TPSA) is 61.2 Å². The zero-order chi connectivity index (χ0) is 24.2. The predicted octanol–water partition coefficient (Wildman–Crippen LogP) is 4.91. The van der Waals surface area contributed by atoms with Crippen LogP contribution < -0.4 is 4.90 Å². The second kappa shape index (κ2) is 13.5. The summed E-state index contributed by atoms with van der Waals surface area (Å²) in [5, 5.41) is 0. The molecule has 1 amide bonds. The molecule has 0 aliphatic carbocycles. The summed E-state index contributed by atoms with van der Waals surface area (Å²) in [5.74, 6) is 1.73. The van der Waals surface area contributed by atoms with E-state index in [1.165, 1.54) is 6.07 Å². The number of anilines is 1. The normalized spacial score (nSPS) is 14.6. The number of rotatable bonds is 5. The first-order valence-corrected chi connectivity index (χ1v) is 11.6. The quantitative estimate of drug-likeness (QED) is 0.477. The fourth-order valence-corrected chi connectivity index (χ4v) is 3.58. The Kier molecular flexibility index (Phi) is 10.7. The first-order chi connectivity index (χ1) is 15.9. The van der Waals surface area contributed by atoms with Gasteiger partial charge in [-0.05, 0) is 56.2 Å². The van der Waals surface area contributed by atoms with Gasteiger partial charge in [0, 0.05) is 57.1 Å². The van der Waals surface area contributed by atoms with Crippen LogP contribution in [0.15, 0.2) is 52.6 Å². The standard InChI is InChI=1S/C14H19FN2.C12H17N3O/c1-5-6-11(3)17-14(16-4)12-7-8-13(15)10(2)9-12;1-2-12(16)15-9-7-14(8-10-15)11-5-3-4-6-13-11/h7-9H,5-6H2,1-4H3;3-6H,2,7-10H2,1H3. The Hall–Kier alpha value is -3.09. The molecule has 0 saturated carbocycles. The van der Waals surface area contributed by atoms with E-state index < -0.39 is 0 Å². The minimum absolute atomic E-state index is 0.196. The number of amides is 1. The summed E-state index contributed by atoms with van der Waals surface area (Å²) >= 11 is 0. The molecular formula is C26H36FN5O. The largest absolute Gasteiger partial charge is 0.353 e. The van der Waals surface area contributed by atoms with Crippen molar-refractivity contribution in [1.82, 2.24) is 9.88 Å². The summed E-state index contributed by atoms with van der Waals surface area (Å²) in [7, 11) is 1.71. The Morgan fingerprint density at radius 2 is 1.85 bits per heavy atom. The molecule has 1 aliphatic heterocycles. The maximum absolute atomic E-state index is 13.2. The zero-order valence-corrected chi connectivity index (χ0v) is 20.5. The van der Waals surface area contributed by atoms with E-state index in [4.69, 9.17) is 0 Å². The van der Waals surface area contributed by atoms with Crippen LogP contribution >= 0.6 is 0 Å². The Labute approximate surface area is 197 Å². The first kappa shape index (κ1) is 26.2. The maximum atomic E-state index is 13.2. The van der Waals surface area contributed by atoms with Crippen molar-refractivity contribution in [1.29, 1.82) is 0 Å². The number of pyridine rings is 1. The number of nitrogens with zero attached hydrogens (tertiary/aromatic N) is 5. The number of hydrogen-bond acceptors (Lipinski definition) is 4. The Morgan fingerprint density at radius 3 is 2.39 bits per heavy atom. The van der Waals surface area contributed by atoms with Gasteiger partial charge in [0.1, 0.15) is 11.6 Å². The molecule has 7 heteroatoms. The molecule has 0 atom stereocenters. The van der Waals surface area contributed by atoms with Crippen LogP contribution in [0.5, 0.6) is 0 Å². The number of hydrogen-bond donors (Lipinski definition) is 0. The molecule has 1 saturated heterocycles. The number of carbonyl (C=O) groups excluding carboxylic acids is 1. The summed E-state index contributed by atoms with van der Waals surface area (Å²) in [6, 6.07) is 10.9. The van der Waals surface area contributed by atoms with Gasteiger partial charge in [0.05, 0.1) is 0 Å². The van der Waals surface area contributed by atoms with Crippen LogP contribution in [0.3, 0.4) is 0 Å². The van der Waals surface area contributed by atoms with Crippen LogP contribution in [0.25, 0.3) is 0 Å². The molecule has 0 unspecified atom stereocenters. The minimum atomic E-state index is -0.196. The molecule has 3 rings (SSSR count). The van der Waals surface area contributed by atoms with Gasteiger partial charge in [-0.1, -0.05) is 26.3 Å². The highest BCUT2D eigenvalue weighted by molar-refractivity contribution is 6.06. The van der Waals surface area contributed by atoms with Crippen molar-refractivity contribution in [3.8, 4) is 0 Å². The van der Waals surface area contributed by atoms with Crippen molar-refractivity contribution in [3.63, 3.8) is 0 Å². The molecule has 1 aromatic heterocycles. The molecule has 33 heavy (non-hydrogen) atoms. The third-order valence-electron chi connectivity index (χ3n) is 5.44. The fourth-order valence-electron chi connectivity index (χ4n) is 3.58. The van der Waals surface area contributed by atoms with Crippen molar-refractivity contribution < 1.29 is 9.18 Å². The highest BCUT2D eigenvalue weighted by Crippen LogP contribution is 2.13. The van der Waals surface area contributed by atoms with Crippen molar-refractivity contribution in [2.24, 2.45) is 9.98 Å². The van der Waals surface area contributed by atoms with Crippen molar-refractivity contribution in [2.75, 3.05) is 38.1 Å². The lowest BCUT2D eigenvalue weighted by atomic mass is 10.1. The lowest BCUT2D eigenvalue weighted by Gasteiger charge is -2.35. The monoisotopic (exact) mass is 453 g/mol. The van der Waals surface area contributed by atoms with E-state index >= 15 is 0 Å². The predicted molar refractivity (Wildman–Crippen MR) is 135 cm³/mol. The molecule has 0 spiro atoms. The van der Waals surface area contributed by atoms with Gasteiger partial charge in [-0.15, -0.1) is 0 Å². The van der Waals surface area contributed by atoms with E-state index in [-0.39, 0.29) is 11.7 Å². The van der Waals surface area contributed by atoms with Gasteiger partial charge in [0.15, 0.2) is 5.84 Å². The number of aromatic nitrogens is 1. The number of halogens is 1. The van der Waals surface area contributed by atoms with E-state index in [0.29, 0.717) is 17.8 Å². The SMILES string of the molecule is CCC(=O)N1CCN(c2ccccn2)CC1.CCCC(C)=NC(=NC)c1ccc(F)c(C)c1. The highest BCUT2D eigenvalue weighted by Gasteiger charge is 2.20. The smallest absolute Gasteiger partial charge is 0.222 e. The van der Waals surface area contributed by atoms with Crippen molar-refractivity contribution in [2.45, 2.75) is 47.0 Å². The fraction of sp³-hybridized carbons (Fsp3) is 0.462. The van der Waals surface area contributed by atoms with Crippen LogP contribution in [-0.2, 0) is 4.79 Å². The number of carbonyl (C=O) groups is 1. The average Bonchev–Trinajstić information content (AvgIpc) is 2.85. The number of piperazine rings is 1. The average molecular weight is 454 g/mol. The molecular weight excluding hydrogens is 417 g/mol. The van der Waals surface area contributed by atoms with Crippen LogP contribution in [0.2, 0.25) is 0 Å². The van der Waals surface area contributed by atoms with Crippen molar-refractivity contribution in [3.05, 3.63) is 59.5 Å². The molecule has 2 heterocycles. The van der Waals surface area contributed by atoms with Gasteiger partial charge in [-0.2, -0.15) is 0 Å². The van der Waals surface area contributed by atoms with Gasteiger partial charge >= 0.3 is 0 Å². The van der Waals surface area contributed by atoms with Gasteiger partial charge in [0.2, 0.25) is 5.91 Å². The van der Waals surface area contributed by atoms with Crippen LogP contribution in [0.1, 0.15) is 51.2 Å². The maximum Gasteiger partial charge on any atom is 0.222 e. The molecule has 178 valence electrons.